The zero-order valence-corrected chi connectivity index (χ0v) is 19.9. The summed E-state index contributed by atoms with van der Waals surface area (Å²) >= 11 is 2.29. The Morgan fingerprint density at radius 1 is 1.06 bits per heavy atom. The lowest BCUT2D eigenvalue weighted by molar-refractivity contribution is 0.624. The van der Waals surface area contributed by atoms with E-state index in [1.807, 2.05) is 50.2 Å². The molecule has 6 nitrogen and oxygen atoms in total. The molecule has 0 radical (unpaired) electrons. The molecule has 1 aliphatic heterocycles. The van der Waals surface area contributed by atoms with Crippen LogP contribution < -0.4 is 10.7 Å². The summed E-state index contributed by atoms with van der Waals surface area (Å²) in [6.45, 7) is 4.05. The molecule has 2 heterocycles. The minimum atomic E-state index is -0.708. The summed E-state index contributed by atoms with van der Waals surface area (Å²) in [4.78, 5) is 0. The summed E-state index contributed by atoms with van der Waals surface area (Å²) in [5, 5.41) is 25.9. The number of para-hydroxylation sites is 1. The normalized spacial score (nSPS) is 18.2. The third-order valence-corrected chi connectivity index (χ3v) is 6.26. The molecule has 32 heavy (non-hydrogen) atoms. The topological polar surface area (TPSA) is 94.1 Å². The minimum Gasteiger partial charge on any atom is -0.318 e. The summed E-state index contributed by atoms with van der Waals surface area (Å²) < 4.78 is 3.32. The molecule has 1 aromatic heterocycles. The summed E-state index contributed by atoms with van der Waals surface area (Å²) in [5.41, 5.74) is 11.9. The zero-order chi connectivity index (χ0) is 22.8. The smallest absolute Gasteiger partial charge is 0.127 e. The molecular weight excluding hydrogens is 511 g/mol. The second-order valence-corrected chi connectivity index (χ2v) is 8.82. The molecule has 0 saturated heterocycles. The molecule has 0 fully saturated rings. The van der Waals surface area contributed by atoms with Crippen LogP contribution in [0.4, 0.5) is 5.69 Å². The van der Waals surface area contributed by atoms with Crippen molar-refractivity contribution in [3.05, 3.63) is 86.8 Å². The van der Waals surface area contributed by atoms with Crippen LogP contribution in [0.15, 0.2) is 71.3 Å². The Morgan fingerprint density at radius 3 is 2.38 bits per heavy atom. The van der Waals surface area contributed by atoms with Gasteiger partial charge in [-0.25, -0.2) is 5.01 Å². The number of hydrazone groups is 1. The van der Waals surface area contributed by atoms with E-state index in [9.17, 15) is 10.5 Å². The summed E-state index contributed by atoms with van der Waals surface area (Å²) in [7, 11) is 0. The fraction of sp³-hybridized carbons (Fsp3) is 0.160. The van der Waals surface area contributed by atoms with Gasteiger partial charge in [-0.15, -0.1) is 0 Å². The number of halogens is 1. The lowest BCUT2D eigenvalue weighted by atomic mass is 9.95. The van der Waals surface area contributed by atoms with Crippen molar-refractivity contribution in [1.82, 2.24) is 4.57 Å². The van der Waals surface area contributed by atoms with Crippen molar-refractivity contribution in [2.45, 2.75) is 20.0 Å². The number of allylic oxidation sites excluding steroid dienone is 1. The van der Waals surface area contributed by atoms with Gasteiger partial charge in [0.2, 0.25) is 0 Å². The Kier molecular flexibility index (Phi) is 6.13. The number of hydrogen-bond donors (Lipinski definition) is 1. The number of nitrogens with two attached hydrogens (primary N) is 1. The molecule has 2 N–H and O–H groups in total. The van der Waals surface area contributed by atoms with E-state index in [0.29, 0.717) is 11.3 Å². The van der Waals surface area contributed by atoms with Crippen LogP contribution in [-0.4, -0.2) is 16.4 Å². The van der Waals surface area contributed by atoms with Gasteiger partial charge in [-0.05, 0) is 90.5 Å². The van der Waals surface area contributed by atoms with Gasteiger partial charge in [0.15, 0.2) is 0 Å². The summed E-state index contributed by atoms with van der Waals surface area (Å²) in [6.07, 6.45) is 1.14. The first-order valence-corrected chi connectivity index (χ1v) is 11.2. The highest BCUT2D eigenvalue weighted by molar-refractivity contribution is 14.1. The molecule has 2 aromatic carbocycles. The largest absolute Gasteiger partial charge is 0.318 e. The lowest BCUT2D eigenvalue weighted by Gasteiger charge is -2.21. The van der Waals surface area contributed by atoms with Crippen LogP contribution in [0.1, 0.15) is 17.0 Å². The molecule has 0 amide bonds. The number of nitrogens with zero attached hydrogens (tertiary/aromatic N) is 5. The number of aryl methyl sites for hydroxylation is 1. The maximum atomic E-state index is 9.94. The van der Waals surface area contributed by atoms with Gasteiger partial charge in [-0.3, -0.25) is 0 Å². The van der Waals surface area contributed by atoms with Gasteiger partial charge in [-0.1, -0.05) is 18.2 Å². The highest BCUT2D eigenvalue weighted by Crippen LogP contribution is 2.30. The van der Waals surface area contributed by atoms with Crippen LogP contribution in [0.25, 0.3) is 11.8 Å². The Balaban J connectivity index is 1.76. The van der Waals surface area contributed by atoms with Gasteiger partial charge in [0.25, 0.3) is 0 Å². The zero-order valence-electron chi connectivity index (χ0n) is 17.7. The van der Waals surface area contributed by atoms with Crippen LogP contribution in [0.5, 0.6) is 0 Å². The molecule has 0 unspecified atom stereocenters. The average molecular weight is 532 g/mol. The van der Waals surface area contributed by atoms with Gasteiger partial charge in [0.1, 0.15) is 18.2 Å². The second kappa shape index (κ2) is 8.99. The highest BCUT2D eigenvalue weighted by Gasteiger charge is 2.37. The van der Waals surface area contributed by atoms with Crippen molar-refractivity contribution in [2.75, 3.05) is 5.01 Å². The van der Waals surface area contributed by atoms with E-state index in [1.54, 1.807) is 11.1 Å². The van der Waals surface area contributed by atoms with E-state index in [1.165, 1.54) is 3.57 Å². The Labute approximate surface area is 201 Å². The van der Waals surface area contributed by atoms with Crippen molar-refractivity contribution < 1.29 is 0 Å². The van der Waals surface area contributed by atoms with Gasteiger partial charge in [-0.2, -0.15) is 15.6 Å². The van der Waals surface area contributed by atoms with E-state index < -0.39 is 12.1 Å². The third kappa shape index (κ3) is 3.93. The maximum absolute atomic E-state index is 9.94. The predicted molar refractivity (Wildman–Crippen MR) is 135 cm³/mol. The fourth-order valence-corrected chi connectivity index (χ4v) is 4.32. The quantitative estimate of drug-likeness (QED) is 0.382. The predicted octanol–water partition coefficient (Wildman–Crippen LogP) is 4.91. The standard InChI is InChI=1S/C25H21IN6/c1-16-12-18(17(2)31(16)21-10-8-20(26)9-11-21)13-19(14-27)24-23(15-28)25(29)32(30-24)22-6-4-3-5-7-22/h3-13,23,25H,29H2,1-2H3/b19-13-/t23-,25-/m0/s1. The molecule has 2 atom stereocenters. The van der Waals surface area contributed by atoms with Crippen molar-refractivity contribution >= 4 is 40.1 Å². The number of anilines is 1. The molecule has 4 rings (SSSR count). The Morgan fingerprint density at radius 2 is 1.75 bits per heavy atom. The average Bonchev–Trinajstić information content (AvgIpc) is 3.28. The van der Waals surface area contributed by atoms with Gasteiger partial charge < -0.3 is 10.3 Å². The summed E-state index contributed by atoms with van der Waals surface area (Å²) in [6, 6.07) is 24.2. The molecule has 0 bridgehead atoms. The Hall–Kier alpha value is -3.40. The SMILES string of the molecule is Cc1cc(/C=C(/C#N)C2=NN(c3ccccc3)[C@H](N)[C@H]2C#N)c(C)n1-c1ccc(I)cc1. The molecule has 1 aliphatic rings. The minimum absolute atomic E-state index is 0.341. The van der Waals surface area contributed by atoms with E-state index in [4.69, 9.17) is 5.73 Å². The number of benzene rings is 2. The van der Waals surface area contributed by atoms with Crippen molar-refractivity contribution in [2.24, 2.45) is 16.8 Å². The number of aromatic nitrogens is 1. The number of nitriles is 2. The first-order chi connectivity index (χ1) is 15.4. The van der Waals surface area contributed by atoms with E-state index in [2.05, 4.69) is 68.7 Å². The number of rotatable bonds is 4. The van der Waals surface area contributed by atoms with E-state index in [-0.39, 0.29) is 0 Å². The summed E-state index contributed by atoms with van der Waals surface area (Å²) in [5.74, 6) is -0.708. The van der Waals surface area contributed by atoms with Crippen molar-refractivity contribution in [3.63, 3.8) is 0 Å². The van der Waals surface area contributed by atoms with Crippen LogP contribution >= 0.6 is 22.6 Å². The first-order valence-electron chi connectivity index (χ1n) is 10.1. The third-order valence-electron chi connectivity index (χ3n) is 5.55. The van der Waals surface area contributed by atoms with Crippen LogP contribution in [0, 0.1) is 46.0 Å². The fourth-order valence-electron chi connectivity index (χ4n) is 3.96. The molecule has 3 aromatic rings. The van der Waals surface area contributed by atoms with E-state index in [0.717, 1.165) is 28.3 Å². The van der Waals surface area contributed by atoms with Gasteiger partial charge in [0, 0.05) is 20.6 Å². The molecule has 0 spiro atoms. The van der Waals surface area contributed by atoms with Crippen molar-refractivity contribution in [1.29, 1.82) is 10.5 Å². The first kappa shape index (κ1) is 21.8. The molecule has 0 aliphatic carbocycles. The maximum Gasteiger partial charge on any atom is 0.127 e. The van der Waals surface area contributed by atoms with Crippen LogP contribution in [0.3, 0.4) is 0 Å². The van der Waals surface area contributed by atoms with Gasteiger partial charge in [0.05, 0.1) is 23.0 Å². The Bertz CT molecular complexity index is 1290. The second-order valence-electron chi connectivity index (χ2n) is 7.57. The van der Waals surface area contributed by atoms with Crippen molar-refractivity contribution in [3.8, 4) is 17.8 Å². The number of hydrogen-bond acceptors (Lipinski definition) is 5. The van der Waals surface area contributed by atoms with E-state index >= 15 is 0 Å². The molecular formula is C25H21IN6. The molecule has 0 saturated carbocycles. The molecule has 7 heteroatoms. The highest BCUT2D eigenvalue weighted by atomic mass is 127. The lowest BCUT2D eigenvalue weighted by Crippen LogP contribution is -2.40. The van der Waals surface area contributed by atoms with Crippen LogP contribution in [-0.2, 0) is 0 Å². The molecule has 158 valence electrons. The van der Waals surface area contributed by atoms with Gasteiger partial charge >= 0.3 is 0 Å². The monoisotopic (exact) mass is 532 g/mol. The van der Waals surface area contributed by atoms with Crippen LogP contribution in [0.2, 0.25) is 0 Å².